The Morgan fingerprint density at radius 3 is 2.94 bits per heavy atom. The second-order valence-corrected chi connectivity index (χ2v) is 4.06. The van der Waals surface area contributed by atoms with E-state index in [2.05, 4.69) is 9.97 Å². The first-order chi connectivity index (χ1) is 7.78. The molecule has 5 nitrogen and oxygen atoms in total. The highest BCUT2D eigenvalue weighted by molar-refractivity contribution is 5.32. The first-order valence-electron chi connectivity index (χ1n) is 5.53. The van der Waals surface area contributed by atoms with Gasteiger partial charge in [0.05, 0.1) is 6.61 Å². The van der Waals surface area contributed by atoms with Crippen LogP contribution in [0.25, 0.3) is 0 Å². The van der Waals surface area contributed by atoms with Crippen LogP contribution in [0.15, 0.2) is 6.07 Å². The summed E-state index contributed by atoms with van der Waals surface area (Å²) < 4.78 is 10.5. The SMILES string of the molecule is COCc1nc(N)cc(OCCC2CC2)n1. The molecule has 5 heteroatoms. The zero-order chi connectivity index (χ0) is 11.4. The molecule has 1 aromatic rings. The number of nitrogens with zero attached hydrogens (tertiary/aromatic N) is 2. The van der Waals surface area contributed by atoms with Crippen molar-refractivity contribution in [2.45, 2.75) is 25.9 Å². The lowest BCUT2D eigenvalue weighted by molar-refractivity contribution is 0.176. The molecule has 0 unspecified atom stereocenters. The molecule has 1 fully saturated rings. The number of methoxy groups -OCH3 is 1. The van der Waals surface area contributed by atoms with Gasteiger partial charge >= 0.3 is 0 Å². The Balaban J connectivity index is 1.90. The number of hydrogen-bond donors (Lipinski definition) is 1. The van der Waals surface area contributed by atoms with E-state index in [0.717, 1.165) is 12.3 Å². The maximum Gasteiger partial charge on any atom is 0.218 e. The summed E-state index contributed by atoms with van der Waals surface area (Å²) >= 11 is 0. The van der Waals surface area contributed by atoms with Gasteiger partial charge in [-0.25, -0.2) is 4.98 Å². The van der Waals surface area contributed by atoms with Crippen LogP contribution in [0.2, 0.25) is 0 Å². The van der Waals surface area contributed by atoms with Gasteiger partial charge in [0.2, 0.25) is 5.88 Å². The van der Waals surface area contributed by atoms with Crippen molar-refractivity contribution in [3.8, 4) is 5.88 Å². The van der Waals surface area contributed by atoms with E-state index < -0.39 is 0 Å². The Bertz CT molecular complexity index is 353. The van der Waals surface area contributed by atoms with Gasteiger partial charge in [-0.05, 0) is 12.3 Å². The Morgan fingerprint density at radius 1 is 1.44 bits per heavy atom. The minimum Gasteiger partial charge on any atom is -0.478 e. The predicted molar refractivity (Wildman–Crippen MR) is 60.0 cm³/mol. The van der Waals surface area contributed by atoms with Crippen molar-refractivity contribution < 1.29 is 9.47 Å². The summed E-state index contributed by atoms with van der Waals surface area (Å²) in [6, 6.07) is 1.64. The molecule has 0 atom stereocenters. The van der Waals surface area contributed by atoms with Gasteiger partial charge in [-0.3, -0.25) is 0 Å². The lowest BCUT2D eigenvalue weighted by atomic mass is 10.3. The van der Waals surface area contributed by atoms with E-state index in [1.807, 2.05) is 0 Å². The van der Waals surface area contributed by atoms with E-state index in [1.165, 1.54) is 12.8 Å². The fraction of sp³-hybridized carbons (Fsp3) is 0.636. The summed E-state index contributed by atoms with van der Waals surface area (Å²) in [4.78, 5) is 8.24. The number of ether oxygens (including phenoxy) is 2. The Hall–Kier alpha value is -1.36. The highest BCUT2D eigenvalue weighted by atomic mass is 16.5. The van der Waals surface area contributed by atoms with E-state index in [4.69, 9.17) is 15.2 Å². The third kappa shape index (κ3) is 3.34. The first kappa shape index (κ1) is 11.1. The molecule has 1 heterocycles. The van der Waals surface area contributed by atoms with Gasteiger partial charge in [0.15, 0.2) is 5.82 Å². The third-order valence-corrected chi connectivity index (χ3v) is 2.52. The van der Waals surface area contributed by atoms with Crippen LogP contribution in [-0.4, -0.2) is 23.7 Å². The van der Waals surface area contributed by atoms with Crippen molar-refractivity contribution in [3.63, 3.8) is 0 Å². The molecular formula is C11H17N3O2. The lowest BCUT2D eigenvalue weighted by Crippen LogP contribution is -2.05. The average Bonchev–Trinajstić information content (AvgIpc) is 3.01. The predicted octanol–water partition coefficient (Wildman–Crippen LogP) is 1.38. The van der Waals surface area contributed by atoms with E-state index >= 15 is 0 Å². The Labute approximate surface area is 95.0 Å². The fourth-order valence-corrected chi connectivity index (χ4v) is 1.50. The molecule has 1 aliphatic rings. The van der Waals surface area contributed by atoms with Crippen molar-refractivity contribution in [1.82, 2.24) is 9.97 Å². The quantitative estimate of drug-likeness (QED) is 0.789. The van der Waals surface area contributed by atoms with Gasteiger partial charge < -0.3 is 15.2 Å². The summed E-state index contributed by atoms with van der Waals surface area (Å²) in [5.74, 6) is 2.38. The second-order valence-electron chi connectivity index (χ2n) is 4.06. The second kappa shape index (κ2) is 5.12. The highest BCUT2D eigenvalue weighted by Gasteiger charge is 2.20. The van der Waals surface area contributed by atoms with Gasteiger partial charge in [-0.1, -0.05) is 12.8 Å². The Morgan fingerprint density at radius 2 is 2.25 bits per heavy atom. The summed E-state index contributed by atoms with van der Waals surface area (Å²) in [5.41, 5.74) is 5.65. The maximum atomic E-state index is 5.65. The van der Waals surface area contributed by atoms with Crippen LogP contribution < -0.4 is 10.5 Å². The molecule has 0 saturated heterocycles. The van der Waals surface area contributed by atoms with Gasteiger partial charge in [-0.2, -0.15) is 4.98 Å². The summed E-state index contributed by atoms with van der Waals surface area (Å²) in [7, 11) is 1.60. The molecular weight excluding hydrogens is 206 g/mol. The van der Waals surface area contributed by atoms with Crippen molar-refractivity contribution in [3.05, 3.63) is 11.9 Å². The summed E-state index contributed by atoms with van der Waals surface area (Å²) in [5, 5.41) is 0. The number of nitrogen functional groups attached to an aromatic ring is 1. The smallest absolute Gasteiger partial charge is 0.218 e. The monoisotopic (exact) mass is 223 g/mol. The van der Waals surface area contributed by atoms with E-state index in [1.54, 1.807) is 13.2 Å². The van der Waals surface area contributed by atoms with Crippen LogP contribution in [0.1, 0.15) is 25.1 Å². The molecule has 1 aliphatic carbocycles. The average molecular weight is 223 g/mol. The molecule has 1 saturated carbocycles. The molecule has 0 radical (unpaired) electrons. The minimum absolute atomic E-state index is 0.351. The lowest BCUT2D eigenvalue weighted by Gasteiger charge is -2.07. The van der Waals surface area contributed by atoms with Crippen LogP contribution in [0.4, 0.5) is 5.82 Å². The van der Waals surface area contributed by atoms with Gasteiger partial charge in [0, 0.05) is 13.2 Å². The number of nitrogens with two attached hydrogens (primary N) is 1. The Kier molecular flexibility index (Phi) is 3.56. The third-order valence-electron chi connectivity index (χ3n) is 2.52. The van der Waals surface area contributed by atoms with E-state index in [0.29, 0.717) is 30.7 Å². The molecule has 2 N–H and O–H groups in total. The van der Waals surface area contributed by atoms with Crippen LogP contribution >= 0.6 is 0 Å². The van der Waals surface area contributed by atoms with Crippen molar-refractivity contribution in [2.24, 2.45) is 5.92 Å². The molecule has 0 spiro atoms. The van der Waals surface area contributed by atoms with Gasteiger partial charge in [0.25, 0.3) is 0 Å². The zero-order valence-corrected chi connectivity index (χ0v) is 9.48. The molecule has 88 valence electrons. The zero-order valence-electron chi connectivity index (χ0n) is 9.48. The van der Waals surface area contributed by atoms with Crippen LogP contribution in [-0.2, 0) is 11.3 Å². The number of hydrogen-bond acceptors (Lipinski definition) is 5. The van der Waals surface area contributed by atoms with Crippen molar-refractivity contribution in [2.75, 3.05) is 19.5 Å². The van der Waals surface area contributed by atoms with Crippen LogP contribution in [0, 0.1) is 5.92 Å². The highest BCUT2D eigenvalue weighted by Crippen LogP contribution is 2.32. The minimum atomic E-state index is 0.351. The molecule has 0 bridgehead atoms. The molecule has 2 rings (SSSR count). The van der Waals surface area contributed by atoms with Crippen molar-refractivity contribution in [1.29, 1.82) is 0 Å². The normalized spacial score (nSPS) is 15.1. The summed E-state index contributed by atoms with van der Waals surface area (Å²) in [6.45, 7) is 1.05. The van der Waals surface area contributed by atoms with E-state index in [-0.39, 0.29) is 0 Å². The molecule has 1 aromatic heterocycles. The van der Waals surface area contributed by atoms with Crippen LogP contribution in [0.3, 0.4) is 0 Å². The molecule has 0 aliphatic heterocycles. The van der Waals surface area contributed by atoms with Crippen molar-refractivity contribution >= 4 is 5.82 Å². The maximum absolute atomic E-state index is 5.65. The van der Waals surface area contributed by atoms with Gasteiger partial charge in [-0.15, -0.1) is 0 Å². The number of anilines is 1. The number of rotatable bonds is 6. The first-order valence-corrected chi connectivity index (χ1v) is 5.53. The molecule has 0 aromatic carbocycles. The largest absolute Gasteiger partial charge is 0.478 e. The van der Waals surface area contributed by atoms with Gasteiger partial charge in [0.1, 0.15) is 12.4 Å². The molecule has 0 amide bonds. The molecule has 16 heavy (non-hydrogen) atoms. The fourth-order valence-electron chi connectivity index (χ4n) is 1.50. The van der Waals surface area contributed by atoms with Crippen LogP contribution in [0.5, 0.6) is 5.88 Å². The summed E-state index contributed by atoms with van der Waals surface area (Å²) in [6.07, 6.45) is 3.78. The number of aromatic nitrogens is 2. The standard InChI is InChI=1S/C11H17N3O2/c1-15-7-10-13-9(12)6-11(14-10)16-5-4-8-2-3-8/h6,8H,2-5,7H2,1H3,(H2,12,13,14). The topological polar surface area (TPSA) is 70.3 Å². The van der Waals surface area contributed by atoms with E-state index in [9.17, 15) is 0 Å².